The molecule has 1 fully saturated rings. The number of hydrogen-bond donors (Lipinski definition) is 2. The standard InChI is InChI=1S/C28H30N4O7S2/c1-3-32(41(37,38)23-10-5-4-6-11-23)16-22-15-24(33)27(28(34)39-22)26(19-12-13-19)20-8-7-9-21(14-20)30-40(35,36)25-17-31(2)18-29-25/h4-11,14-15,17-19,26,30,33H,3,12-13,16H2,1-2H3. The molecule has 4 aromatic rings. The van der Waals surface area contributed by atoms with E-state index >= 15 is 0 Å². The van der Waals surface area contributed by atoms with Crippen molar-refractivity contribution in [2.75, 3.05) is 11.3 Å². The Bertz CT molecular complexity index is 1830. The predicted octanol–water partition coefficient (Wildman–Crippen LogP) is 3.63. The molecule has 13 heteroatoms. The van der Waals surface area contributed by atoms with Crippen LogP contribution in [0.15, 0.2) is 92.3 Å². The molecule has 1 unspecified atom stereocenters. The molecule has 0 saturated heterocycles. The summed E-state index contributed by atoms with van der Waals surface area (Å²) < 4.78 is 62.6. The first-order chi connectivity index (χ1) is 19.5. The second-order valence-electron chi connectivity index (χ2n) is 9.97. The molecule has 11 nitrogen and oxygen atoms in total. The minimum Gasteiger partial charge on any atom is -0.507 e. The van der Waals surface area contributed by atoms with E-state index in [1.807, 2.05) is 0 Å². The van der Waals surface area contributed by atoms with Gasteiger partial charge in [0, 0.05) is 37.5 Å². The molecule has 5 rings (SSSR count). The molecule has 0 bridgehead atoms. The number of nitrogens with zero attached hydrogens (tertiary/aromatic N) is 3. The van der Waals surface area contributed by atoms with Gasteiger partial charge in [0.2, 0.25) is 10.0 Å². The average Bonchev–Trinajstić information content (AvgIpc) is 3.67. The van der Waals surface area contributed by atoms with Crippen LogP contribution < -0.4 is 10.3 Å². The van der Waals surface area contributed by atoms with Crippen LogP contribution in [0.3, 0.4) is 0 Å². The third-order valence-corrected chi connectivity index (χ3v) is 10.1. The Hall–Kier alpha value is -3.94. The second kappa shape index (κ2) is 11.1. The van der Waals surface area contributed by atoms with Crippen molar-refractivity contribution in [3.63, 3.8) is 0 Å². The van der Waals surface area contributed by atoms with Gasteiger partial charge in [0.25, 0.3) is 10.0 Å². The maximum absolute atomic E-state index is 13.3. The third kappa shape index (κ3) is 6.06. The maximum atomic E-state index is 13.3. The van der Waals surface area contributed by atoms with E-state index in [0.29, 0.717) is 5.56 Å². The number of benzene rings is 2. The van der Waals surface area contributed by atoms with Gasteiger partial charge in [0.1, 0.15) is 11.5 Å². The zero-order valence-electron chi connectivity index (χ0n) is 22.5. The third-order valence-electron chi connectivity index (χ3n) is 6.94. The highest BCUT2D eigenvalue weighted by molar-refractivity contribution is 7.92. The Morgan fingerprint density at radius 2 is 1.83 bits per heavy atom. The molecule has 0 radical (unpaired) electrons. The molecule has 0 amide bonds. The largest absolute Gasteiger partial charge is 0.507 e. The van der Waals surface area contributed by atoms with Gasteiger partial charge in [-0.25, -0.2) is 18.2 Å². The highest BCUT2D eigenvalue weighted by Gasteiger charge is 2.38. The minimum atomic E-state index is -3.94. The molecular formula is C28H30N4O7S2. The Morgan fingerprint density at radius 3 is 2.44 bits per heavy atom. The molecule has 0 aliphatic heterocycles. The number of aromatic nitrogens is 2. The van der Waals surface area contributed by atoms with E-state index in [1.54, 1.807) is 56.4 Å². The van der Waals surface area contributed by atoms with Crippen LogP contribution in [0, 0.1) is 5.92 Å². The van der Waals surface area contributed by atoms with E-state index in [2.05, 4.69) is 9.71 Å². The fourth-order valence-corrected chi connectivity index (χ4v) is 7.29. The minimum absolute atomic E-state index is 0.00373. The van der Waals surface area contributed by atoms with Crippen molar-refractivity contribution < 1.29 is 26.4 Å². The van der Waals surface area contributed by atoms with Crippen molar-refractivity contribution in [3.8, 4) is 5.75 Å². The second-order valence-corrected chi connectivity index (χ2v) is 13.5. The molecule has 2 aromatic carbocycles. The summed E-state index contributed by atoms with van der Waals surface area (Å²) in [6.45, 7) is 1.55. The summed E-state index contributed by atoms with van der Waals surface area (Å²) >= 11 is 0. The van der Waals surface area contributed by atoms with E-state index in [9.17, 15) is 26.7 Å². The molecule has 2 N–H and O–H groups in total. The lowest BCUT2D eigenvalue weighted by molar-refractivity contribution is 0.345. The smallest absolute Gasteiger partial charge is 0.343 e. The fourth-order valence-electron chi connectivity index (χ4n) is 4.82. The Kier molecular flexibility index (Phi) is 7.77. The van der Waals surface area contributed by atoms with Gasteiger partial charge in [0.15, 0.2) is 5.03 Å². The van der Waals surface area contributed by atoms with Gasteiger partial charge in [0.05, 0.1) is 23.3 Å². The molecule has 0 spiro atoms. The first-order valence-corrected chi connectivity index (χ1v) is 15.9. The quantitative estimate of drug-likeness (QED) is 0.266. The predicted molar refractivity (Wildman–Crippen MR) is 151 cm³/mol. The van der Waals surface area contributed by atoms with Crippen molar-refractivity contribution in [3.05, 3.63) is 100 Å². The van der Waals surface area contributed by atoms with Crippen LogP contribution in [0.4, 0.5) is 5.69 Å². The Morgan fingerprint density at radius 1 is 1.10 bits per heavy atom. The van der Waals surface area contributed by atoms with Crippen LogP contribution in [-0.2, 0) is 33.6 Å². The lowest BCUT2D eigenvalue weighted by Crippen LogP contribution is -2.31. The SMILES string of the molecule is CCN(Cc1cc(O)c(C(c2cccc(NS(=O)(=O)c3cn(C)cn3)c2)C2CC2)c(=O)o1)S(=O)(=O)c1ccccc1. The van der Waals surface area contributed by atoms with Crippen LogP contribution in [-0.4, -0.2) is 42.3 Å². The monoisotopic (exact) mass is 598 g/mol. The first-order valence-electron chi connectivity index (χ1n) is 13.0. The number of anilines is 1. The van der Waals surface area contributed by atoms with Gasteiger partial charge in [-0.05, 0) is 48.6 Å². The number of imidazole rings is 1. The highest BCUT2D eigenvalue weighted by Crippen LogP contribution is 2.48. The first kappa shape index (κ1) is 28.6. The average molecular weight is 599 g/mol. The van der Waals surface area contributed by atoms with Crippen LogP contribution in [0.5, 0.6) is 5.75 Å². The Balaban J connectivity index is 1.44. The van der Waals surface area contributed by atoms with Gasteiger partial charge in [-0.1, -0.05) is 37.3 Å². The number of sulfonamides is 2. The summed E-state index contributed by atoms with van der Waals surface area (Å²) in [5.74, 6) is -0.803. The Labute approximate surface area is 238 Å². The summed E-state index contributed by atoms with van der Waals surface area (Å²) in [5, 5.41) is 10.9. The summed E-state index contributed by atoms with van der Waals surface area (Å²) in [4.78, 5) is 17.3. The molecule has 2 heterocycles. The number of aryl methyl sites for hydroxylation is 1. The van der Waals surface area contributed by atoms with E-state index in [-0.39, 0.29) is 51.7 Å². The molecule has 1 aliphatic rings. The van der Waals surface area contributed by atoms with Crippen molar-refractivity contribution in [2.24, 2.45) is 13.0 Å². The van der Waals surface area contributed by atoms with Crippen LogP contribution in [0.25, 0.3) is 0 Å². The number of aromatic hydroxyl groups is 1. The molecule has 1 aliphatic carbocycles. The molecular weight excluding hydrogens is 568 g/mol. The van der Waals surface area contributed by atoms with Crippen LogP contribution >= 0.6 is 0 Å². The summed E-state index contributed by atoms with van der Waals surface area (Å²) in [7, 11) is -6.13. The zero-order valence-corrected chi connectivity index (χ0v) is 24.1. The van der Waals surface area contributed by atoms with Crippen molar-refractivity contribution in [1.82, 2.24) is 13.9 Å². The van der Waals surface area contributed by atoms with E-state index < -0.39 is 31.6 Å². The van der Waals surface area contributed by atoms with Crippen molar-refractivity contribution in [1.29, 1.82) is 0 Å². The number of nitrogens with one attached hydrogen (secondary N) is 1. The lowest BCUT2D eigenvalue weighted by atomic mass is 9.87. The topological polar surface area (TPSA) is 152 Å². The van der Waals surface area contributed by atoms with Gasteiger partial charge in [-0.2, -0.15) is 12.7 Å². The van der Waals surface area contributed by atoms with Gasteiger partial charge in [-0.15, -0.1) is 0 Å². The van der Waals surface area contributed by atoms with Gasteiger partial charge in [-0.3, -0.25) is 4.72 Å². The summed E-state index contributed by atoms with van der Waals surface area (Å²) in [6, 6.07) is 15.9. The fraction of sp³-hybridized carbons (Fsp3) is 0.286. The molecule has 1 atom stereocenters. The summed E-state index contributed by atoms with van der Waals surface area (Å²) in [6.07, 6.45) is 4.40. The number of hydrogen-bond acceptors (Lipinski definition) is 8. The number of rotatable bonds is 11. The molecule has 2 aromatic heterocycles. The normalized spacial score (nSPS) is 14.7. The summed E-state index contributed by atoms with van der Waals surface area (Å²) in [5.41, 5.74) is 0.189. The van der Waals surface area contributed by atoms with Crippen molar-refractivity contribution >= 4 is 25.7 Å². The van der Waals surface area contributed by atoms with E-state index in [0.717, 1.165) is 17.1 Å². The molecule has 41 heavy (non-hydrogen) atoms. The molecule has 1 saturated carbocycles. The van der Waals surface area contributed by atoms with E-state index in [1.165, 1.54) is 35.3 Å². The zero-order chi connectivity index (χ0) is 29.4. The van der Waals surface area contributed by atoms with Gasteiger partial charge < -0.3 is 14.1 Å². The maximum Gasteiger partial charge on any atom is 0.343 e. The van der Waals surface area contributed by atoms with Crippen LogP contribution in [0.2, 0.25) is 0 Å². The van der Waals surface area contributed by atoms with Crippen LogP contribution in [0.1, 0.15) is 42.6 Å². The molecule has 216 valence electrons. The van der Waals surface area contributed by atoms with Gasteiger partial charge >= 0.3 is 5.63 Å². The lowest BCUT2D eigenvalue weighted by Gasteiger charge is -2.21. The van der Waals surface area contributed by atoms with Crippen molar-refractivity contribution in [2.45, 2.75) is 42.1 Å². The highest BCUT2D eigenvalue weighted by atomic mass is 32.2. The van der Waals surface area contributed by atoms with E-state index in [4.69, 9.17) is 4.42 Å².